The normalized spacial score (nSPS) is 13.9. The van der Waals surface area contributed by atoms with Gasteiger partial charge >= 0.3 is 12.1 Å². The molecule has 0 spiro atoms. The van der Waals surface area contributed by atoms with Crippen molar-refractivity contribution in [3.63, 3.8) is 0 Å². The first-order chi connectivity index (χ1) is 6.36. The second-order valence-corrected chi connectivity index (χ2v) is 2.48. The third-order valence-corrected chi connectivity index (χ3v) is 1.28. The van der Waals surface area contributed by atoms with E-state index in [1.54, 1.807) is 0 Å². The fraction of sp³-hybridized carbons (Fsp3) is 0.429. The third-order valence-electron chi connectivity index (χ3n) is 1.28. The van der Waals surface area contributed by atoms with Crippen LogP contribution in [0, 0.1) is 0 Å². The fourth-order valence-corrected chi connectivity index (χ4v) is 0.544. The molecule has 14 heavy (non-hydrogen) atoms. The van der Waals surface area contributed by atoms with Crippen LogP contribution in [0.5, 0.6) is 0 Å². The number of carbonyl (C=O) groups excluding carboxylic acids is 2. The maximum atomic E-state index is 10.9. The summed E-state index contributed by atoms with van der Waals surface area (Å²) < 4.78 is 0. The Bertz CT molecular complexity index is 249. The molecule has 0 aliphatic rings. The van der Waals surface area contributed by atoms with Crippen LogP contribution in [0.15, 0.2) is 12.2 Å². The lowest BCUT2D eigenvalue weighted by atomic mass is 10.1. The van der Waals surface area contributed by atoms with Crippen molar-refractivity contribution in [3.8, 4) is 0 Å². The smallest absolute Gasteiger partial charge is 0.390 e. The van der Waals surface area contributed by atoms with E-state index >= 15 is 0 Å². The number of amides is 1. The highest BCUT2D eigenvalue weighted by Crippen LogP contribution is 2.06. The summed E-state index contributed by atoms with van der Waals surface area (Å²) in [5.74, 6) is -1.18. The van der Waals surface area contributed by atoms with Gasteiger partial charge in [0.2, 0.25) is 0 Å². The minimum Gasteiger partial charge on any atom is -0.390 e. The lowest BCUT2D eigenvalue weighted by molar-refractivity contribution is -0.227. The molecule has 0 aromatic carbocycles. The van der Waals surface area contributed by atoms with Crippen molar-refractivity contribution in [1.29, 1.82) is 0 Å². The van der Waals surface area contributed by atoms with E-state index in [1.165, 1.54) is 6.92 Å². The maximum absolute atomic E-state index is 10.9. The van der Waals surface area contributed by atoms with Gasteiger partial charge in [0.05, 0.1) is 11.7 Å². The summed E-state index contributed by atoms with van der Waals surface area (Å²) in [6, 6.07) is 0. The molecule has 0 saturated heterocycles. The standard InChI is InChI=1S/C7H11NO6/c1-3(5(10)4(2)9)6(11)13-14-7(8)12/h4-5,9-10H,1H2,2H3,(H2,8,12). The largest absolute Gasteiger partial charge is 0.447 e. The van der Waals surface area contributed by atoms with Crippen molar-refractivity contribution in [2.75, 3.05) is 0 Å². The van der Waals surface area contributed by atoms with Crippen LogP contribution in [0.2, 0.25) is 0 Å². The Balaban J connectivity index is 4.13. The number of hydrogen-bond donors (Lipinski definition) is 3. The Morgan fingerprint density at radius 2 is 1.86 bits per heavy atom. The zero-order valence-corrected chi connectivity index (χ0v) is 7.47. The van der Waals surface area contributed by atoms with Crippen molar-refractivity contribution < 1.29 is 29.6 Å². The van der Waals surface area contributed by atoms with Crippen molar-refractivity contribution in [2.24, 2.45) is 5.73 Å². The van der Waals surface area contributed by atoms with Gasteiger partial charge in [-0.3, -0.25) is 0 Å². The van der Waals surface area contributed by atoms with Gasteiger partial charge < -0.3 is 15.9 Å². The van der Waals surface area contributed by atoms with Gasteiger partial charge in [-0.1, -0.05) is 6.58 Å². The predicted molar refractivity (Wildman–Crippen MR) is 43.6 cm³/mol. The molecular formula is C7H11NO6. The molecule has 0 saturated carbocycles. The van der Waals surface area contributed by atoms with Gasteiger partial charge in [-0.25, -0.2) is 19.4 Å². The minimum atomic E-state index is -1.49. The Morgan fingerprint density at radius 3 is 2.21 bits per heavy atom. The molecule has 0 fully saturated rings. The first kappa shape index (κ1) is 12.4. The molecule has 2 unspecified atom stereocenters. The molecule has 0 aliphatic heterocycles. The predicted octanol–water partition coefficient (Wildman–Crippen LogP) is -1.16. The van der Waals surface area contributed by atoms with E-state index in [0.717, 1.165) is 0 Å². The molecule has 0 aromatic heterocycles. The molecule has 0 heterocycles. The van der Waals surface area contributed by atoms with E-state index in [-0.39, 0.29) is 0 Å². The lowest BCUT2D eigenvalue weighted by Gasteiger charge is -2.13. The van der Waals surface area contributed by atoms with E-state index in [0.29, 0.717) is 0 Å². The SMILES string of the molecule is C=C(C(=O)OOC(N)=O)C(O)C(C)O. The number of nitrogens with two attached hydrogens (primary N) is 1. The van der Waals surface area contributed by atoms with Crippen molar-refractivity contribution in [2.45, 2.75) is 19.1 Å². The van der Waals surface area contributed by atoms with Gasteiger partial charge in [0.1, 0.15) is 6.10 Å². The molecule has 2 atom stereocenters. The topological polar surface area (TPSA) is 119 Å². The van der Waals surface area contributed by atoms with Crippen LogP contribution >= 0.6 is 0 Å². The van der Waals surface area contributed by atoms with Crippen LogP contribution in [-0.2, 0) is 14.6 Å². The van der Waals surface area contributed by atoms with Gasteiger partial charge in [-0.15, -0.1) is 0 Å². The first-order valence-corrected chi connectivity index (χ1v) is 3.59. The molecule has 0 radical (unpaired) electrons. The average molecular weight is 205 g/mol. The molecule has 0 aromatic rings. The highest BCUT2D eigenvalue weighted by molar-refractivity contribution is 5.88. The highest BCUT2D eigenvalue weighted by Gasteiger charge is 2.23. The summed E-state index contributed by atoms with van der Waals surface area (Å²) in [6.45, 7) is 4.39. The summed E-state index contributed by atoms with van der Waals surface area (Å²) in [5.41, 5.74) is 4.05. The third kappa shape index (κ3) is 3.87. The molecule has 1 amide bonds. The quantitative estimate of drug-likeness (QED) is 0.303. The molecular weight excluding hydrogens is 194 g/mol. The van der Waals surface area contributed by atoms with Crippen molar-refractivity contribution in [3.05, 3.63) is 12.2 Å². The zero-order chi connectivity index (χ0) is 11.3. The number of aliphatic hydroxyl groups excluding tert-OH is 2. The second-order valence-electron chi connectivity index (χ2n) is 2.48. The van der Waals surface area contributed by atoms with Crippen LogP contribution in [0.3, 0.4) is 0 Å². The molecule has 0 aliphatic carbocycles. The summed E-state index contributed by atoms with van der Waals surface area (Å²) >= 11 is 0. The Labute approximate surface area is 79.6 Å². The van der Waals surface area contributed by atoms with Gasteiger partial charge in [0, 0.05) is 0 Å². The van der Waals surface area contributed by atoms with E-state index in [2.05, 4.69) is 22.1 Å². The van der Waals surface area contributed by atoms with Gasteiger partial charge in [0.15, 0.2) is 0 Å². The monoisotopic (exact) mass is 205 g/mol. The number of hydrogen-bond acceptors (Lipinski definition) is 6. The Kier molecular flexibility index (Phi) is 4.60. The van der Waals surface area contributed by atoms with Crippen LogP contribution in [0.25, 0.3) is 0 Å². The average Bonchev–Trinajstić information content (AvgIpc) is 2.11. The highest BCUT2D eigenvalue weighted by atomic mass is 17.2. The lowest BCUT2D eigenvalue weighted by Crippen LogP contribution is -2.30. The first-order valence-electron chi connectivity index (χ1n) is 3.59. The summed E-state index contributed by atoms with van der Waals surface area (Å²) in [5, 5.41) is 18.0. The number of aliphatic hydroxyl groups is 2. The van der Waals surface area contributed by atoms with E-state index in [1.807, 2.05) is 0 Å². The summed E-state index contributed by atoms with van der Waals surface area (Å²) in [4.78, 5) is 28.4. The van der Waals surface area contributed by atoms with Crippen LogP contribution in [0.1, 0.15) is 6.92 Å². The van der Waals surface area contributed by atoms with E-state index in [9.17, 15) is 9.59 Å². The molecule has 7 heteroatoms. The van der Waals surface area contributed by atoms with Crippen molar-refractivity contribution in [1.82, 2.24) is 0 Å². The fourth-order valence-electron chi connectivity index (χ4n) is 0.544. The van der Waals surface area contributed by atoms with Crippen LogP contribution in [0.4, 0.5) is 4.79 Å². The second kappa shape index (κ2) is 5.20. The number of primary amides is 1. The summed E-state index contributed by atoms with van der Waals surface area (Å²) in [7, 11) is 0. The molecule has 7 nitrogen and oxygen atoms in total. The zero-order valence-electron chi connectivity index (χ0n) is 7.47. The minimum absolute atomic E-state index is 0.443. The van der Waals surface area contributed by atoms with E-state index in [4.69, 9.17) is 10.2 Å². The van der Waals surface area contributed by atoms with Crippen molar-refractivity contribution >= 4 is 12.1 Å². The molecule has 80 valence electrons. The molecule has 0 bridgehead atoms. The van der Waals surface area contributed by atoms with E-state index < -0.39 is 29.8 Å². The molecule has 4 N–H and O–H groups in total. The van der Waals surface area contributed by atoms with Crippen LogP contribution < -0.4 is 5.73 Å². The van der Waals surface area contributed by atoms with Gasteiger partial charge in [-0.05, 0) is 6.92 Å². The Hall–Kier alpha value is -1.60. The maximum Gasteiger partial charge on any atom is 0.447 e. The summed E-state index contributed by atoms with van der Waals surface area (Å²) in [6.07, 6.45) is -3.99. The van der Waals surface area contributed by atoms with Gasteiger partial charge in [-0.2, -0.15) is 0 Å². The Morgan fingerprint density at radius 1 is 1.36 bits per heavy atom. The number of carbonyl (C=O) groups is 2. The number of rotatable bonds is 3. The molecule has 0 rings (SSSR count). The van der Waals surface area contributed by atoms with Gasteiger partial charge in [0.25, 0.3) is 0 Å². The van der Waals surface area contributed by atoms with Crippen LogP contribution in [-0.4, -0.2) is 34.5 Å².